The fraction of sp³-hybridized carbons (Fsp3) is 0. The standard InChI is InChI=1S/C14H9Cl3N2O2/c15-9-6-4-8(5-7-9)13(20)18-19-14(21)10-2-1-3-11(16)12(10)17/h1-7H,(H,18,20)(H,19,21). The van der Waals surface area contributed by atoms with Gasteiger partial charge in [0.15, 0.2) is 0 Å². The average molecular weight is 344 g/mol. The van der Waals surface area contributed by atoms with Gasteiger partial charge in [0.1, 0.15) is 0 Å². The van der Waals surface area contributed by atoms with E-state index in [1.54, 1.807) is 24.3 Å². The molecule has 0 bridgehead atoms. The number of hydrogen-bond acceptors (Lipinski definition) is 2. The van der Waals surface area contributed by atoms with E-state index in [-0.39, 0.29) is 15.6 Å². The van der Waals surface area contributed by atoms with Crippen LogP contribution < -0.4 is 10.9 Å². The highest BCUT2D eigenvalue weighted by Crippen LogP contribution is 2.25. The van der Waals surface area contributed by atoms with Crippen molar-refractivity contribution in [2.45, 2.75) is 0 Å². The van der Waals surface area contributed by atoms with Crippen molar-refractivity contribution in [3.8, 4) is 0 Å². The fourth-order valence-electron chi connectivity index (χ4n) is 1.53. The summed E-state index contributed by atoms with van der Waals surface area (Å²) >= 11 is 17.5. The zero-order valence-corrected chi connectivity index (χ0v) is 12.8. The van der Waals surface area contributed by atoms with Gasteiger partial charge in [0, 0.05) is 10.6 Å². The van der Waals surface area contributed by atoms with E-state index in [1.807, 2.05) is 0 Å². The first-order chi connectivity index (χ1) is 9.99. The lowest BCUT2D eigenvalue weighted by Crippen LogP contribution is -2.41. The van der Waals surface area contributed by atoms with Crippen molar-refractivity contribution in [3.63, 3.8) is 0 Å². The second kappa shape index (κ2) is 6.80. The number of hydrogen-bond donors (Lipinski definition) is 2. The molecule has 0 radical (unpaired) electrons. The van der Waals surface area contributed by atoms with Gasteiger partial charge in [0.2, 0.25) is 0 Å². The van der Waals surface area contributed by atoms with E-state index in [0.29, 0.717) is 10.6 Å². The molecular weight excluding hydrogens is 335 g/mol. The number of hydrazine groups is 1. The van der Waals surface area contributed by atoms with E-state index in [1.165, 1.54) is 18.2 Å². The molecule has 0 saturated heterocycles. The molecule has 0 fully saturated rings. The molecule has 7 heteroatoms. The van der Waals surface area contributed by atoms with Crippen molar-refractivity contribution >= 4 is 46.6 Å². The van der Waals surface area contributed by atoms with Gasteiger partial charge in [-0.2, -0.15) is 0 Å². The third kappa shape index (κ3) is 3.88. The SMILES string of the molecule is O=C(NNC(=O)c1cccc(Cl)c1Cl)c1ccc(Cl)cc1. The zero-order valence-electron chi connectivity index (χ0n) is 10.5. The van der Waals surface area contributed by atoms with Crippen molar-refractivity contribution in [1.29, 1.82) is 0 Å². The molecule has 0 unspecified atom stereocenters. The summed E-state index contributed by atoms with van der Waals surface area (Å²) in [5, 5.41) is 0.895. The van der Waals surface area contributed by atoms with Gasteiger partial charge in [0.05, 0.1) is 15.6 Å². The minimum Gasteiger partial charge on any atom is -0.267 e. The number of carbonyl (C=O) groups is 2. The number of amides is 2. The third-order valence-corrected chi connectivity index (χ3v) is 3.66. The molecular formula is C14H9Cl3N2O2. The first-order valence-corrected chi connectivity index (χ1v) is 6.92. The van der Waals surface area contributed by atoms with Crippen molar-refractivity contribution in [3.05, 3.63) is 68.7 Å². The first kappa shape index (κ1) is 15.6. The summed E-state index contributed by atoms with van der Waals surface area (Å²) in [4.78, 5) is 23.7. The first-order valence-electron chi connectivity index (χ1n) is 5.79. The lowest BCUT2D eigenvalue weighted by molar-refractivity contribution is 0.0847. The van der Waals surface area contributed by atoms with Crippen LogP contribution in [0.25, 0.3) is 0 Å². The van der Waals surface area contributed by atoms with Crippen LogP contribution in [0.1, 0.15) is 20.7 Å². The molecule has 2 N–H and O–H groups in total. The molecule has 2 aromatic rings. The van der Waals surface area contributed by atoms with Gasteiger partial charge in [-0.05, 0) is 36.4 Å². The van der Waals surface area contributed by atoms with E-state index in [9.17, 15) is 9.59 Å². The van der Waals surface area contributed by atoms with Crippen molar-refractivity contribution in [2.75, 3.05) is 0 Å². The number of nitrogens with one attached hydrogen (secondary N) is 2. The predicted octanol–water partition coefficient (Wildman–Crippen LogP) is 3.72. The highest BCUT2D eigenvalue weighted by atomic mass is 35.5. The van der Waals surface area contributed by atoms with Crippen LogP contribution >= 0.6 is 34.8 Å². The minimum atomic E-state index is -0.565. The Balaban J connectivity index is 2.02. The maximum atomic E-state index is 11.9. The van der Waals surface area contributed by atoms with Crippen LogP contribution in [0, 0.1) is 0 Å². The average Bonchev–Trinajstić information content (AvgIpc) is 2.48. The van der Waals surface area contributed by atoms with Gasteiger partial charge in [-0.3, -0.25) is 20.4 Å². The van der Waals surface area contributed by atoms with Crippen LogP contribution in [0.15, 0.2) is 42.5 Å². The van der Waals surface area contributed by atoms with E-state index < -0.39 is 11.8 Å². The fourth-order valence-corrected chi connectivity index (χ4v) is 2.05. The van der Waals surface area contributed by atoms with Gasteiger partial charge >= 0.3 is 0 Å². The van der Waals surface area contributed by atoms with Gasteiger partial charge in [-0.1, -0.05) is 40.9 Å². The highest BCUT2D eigenvalue weighted by Gasteiger charge is 2.13. The van der Waals surface area contributed by atoms with E-state index in [4.69, 9.17) is 34.8 Å². The Morgan fingerprint density at radius 3 is 2.10 bits per heavy atom. The summed E-state index contributed by atoms with van der Waals surface area (Å²) in [7, 11) is 0. The highest BCUT2D eigenvalue weighted by molar-refractivity contribution is 6.43. The smallest absolute Gasteiger partial charge is 0.267 e. The minimum absolute atomic E-state index is 0.123. The van der Waals surface area contributed by atoms with Crippen molar-refractivity contribution < 1.29 is 9.59 Å². The summed E-state index contributed by atoms with van der Waals surface area (Å²) in [6.45, 7) is 0. The molecule has 4 nitrogen and oxygen atoms in total. The molecule has 0 aromatic heterocycles. The van der Waals surface area contributed by atoms with Gasteiger partial charge in [0.25, 0.3) is 11.8 Å². The molecule has 0 spiro atoms. The van der Waals surface area contributed by atoms with Crippen molar-refractivity contribution in [1.82, 2.24) is 10.9 Å². The molecule has 21 heavy (non-hydrogen) atoms. The van der Waals surface area contributed by atoms with Crippen molar-refractivity contribution in [2.24, 2.45) is 0 Å². The molecule has 0 aliphatic carbocycles. The second-order valence-corrected chi connectivity index (χ2v) is 5.24. The molecule has 108 valence electrons. The topological polar surface area (TPSA) is 58.2 Å². The normalized spacial score (nSPS) is 10.0. The Hall–Kier alpha value is -1.75. The second-order valence-electron chi connectivity index (χ2n) is 4.02. The quantitative estimate of drug-likeness (QED) is 0.817. The summed E-state index contributed by atoms with van der Waals surface area (Å²) < 4.78 is 0. The summed E-state index contributed by atoms with van der Waals surface area (Å²) in [6, 6.07) is 10.9. The van der Waals surface area contributed by atoms with Crippen LogP contribution in [-0.2, 0) is 0 Å². The summed E-state index contributed by atoms with van der Waals surface area (Å²) in [5.41, 5.74) is 5.07. The monoisotopic (exact) mass is 342 g/mol. The molecule has 0 aliphatic heterocycles. The molecule has 0 aliphatic rings. The maximum Gasteiger partial charge on any atom is 0.271 e. The molecule has 2 aromatic carbocycles. The summed E-state index contributed by atoms with van der Waals surface area (Å²) in [5.74, 6) is -1.04. The largest absolute Gasteiger partial charge is 0.271 e. The number of carbonyl (C=O) groups excluding carboxylic acids is 2. The molecule has 0 atom stereocenters. The third-order valence-electron chi connectivity index (χ3n) is 2.59. The van der Waals surface area contributed by atoms with Crippen LogP contribution in [0.3, 0.4) is 0 Å². The molecule has 2 amide bonds. The predicted molar refractivity (Wildman–Crippen MR) is 82.8 cm³/mol. The van der Waals surface area contributed by atoms with E-state index in [2.05, 4.69) is 10.9 Å². The maximum absolute atomic E-state index is 11.9. The van der Waals surface area contributed by atoms with Gasteiger partial charge in [-0.25, -0.2) is 0 Å². The van der Waals surface area contributed by atoms with E-state index >= 15 is 0 Å². The Morgan fingerprint density at radius 1 is 0.810 bits per heavy atom. The van der Waals surface area contributed by atoms with Crippen LogP contribution in [0.4, 0.5) is 0 Å². The summed E-state index contributed by atoms with van der Waals surface area (Å²) in [6.07, 6.45) is 0. The Kier molecular flexibility index (Phi) is 5.07. The molecule has 2 rings (SSSR count). The molecule has 0 heterocycles. The van der Waals surface area contributed by atoms with E-state index in [0.717, 1.165) is 0 Å². The van der Waals surface area contributed by atoms with Crippen LogP contribution in [0.5, 0.6) is 0 Å². The van der Waals surface area contributed by atoms with Crippen LogP contribution in [-0.4, -0.2) is 11.8 Å². The Bertz CT molecular complexity index is 687. The number of rotatable bonds is 2. The van der Waals surface area contributed by atoms with Gasteiger partial charge in [-0.15, -0.1) is 0 Å². The number of benzene rings is 2. The van der Waals surface area contributed by atoms with Gasteiger partial charge < -0.3 is 0 Å². The lowest BCUT2D eigenvalue weighted by Gasteiger charge is -2.09. The Morgan fingerprint density at radius 2 is 1.43 bits per heavy atom. The number of halogens is 3. The zero-order chi connectivity index (χ0) is 15.4. The Labute approximate surface area is 136 Å². The molecule has 0 saturated carbocycles. The lowest BCUT2D eigenvalue weighted by atomic mass is 10.2. The van der Waals surface area contributed by atoms with Crippen LogP contribution in [0.2, 0.25) is 15.1 Å².